The normalized spacial score (nSPS) is 17.5. The summed E-state index contributed by atoms with van der Waals surface area (Å²) in [6, 6.07) is 11.1. The van der Waals surface area contributed by atoms with E-state index in [9.17, 15) is 0 Å². The van der Waals surface area contributed by atoms with Crippen LogP contribution in [0, 0.1) is 0 Å². The van der Waals surface area contributed by atoms with Crippen LogP contribution in [0.4, 0.5) is 0 Å². The summed E-state index contributed by atoms with van der Waals surface area (Å²) >= 11 is 0. The molecule has 0 bridgehead atoms. The first-order valence-corrected chi connectivity index (χ1v) is 8.23. The highest BCUT2D eigenvalue weighted by atomic mass is 16.5. The number of ether oxygens (including phenoxy) is 1. The van der Waals surface area contributed by atoms with Gasteiger partial charge in [0.15, 0.2) is 0 Å². The number of hydrogen-bond donors (Lipinski definition) is 0. The van der Waals surface area contributed by atoms with Crippen LogP contribution in [0.1, 0.15) is 36.7 Å². The van der Waals surface area contributed by atoms with Gasteiger partial charge in [0.2, 0.25) is 0 Å². The van der Waals surface area contributed by atoms with E-state index in [1.807, 2.05) is 6.07 Å². The molecule has 118 valence electrons. The van der Waals surface area contributed by atoms with Crippen LogP contribution in [0.15, 0.2) is 41.0 Å². The van der Waals surface area contributed by atoms with Gasteiger partial charge in [0.1, 0.15) is 11.5 Å². The first kappa shape index (κ1) is 15.2. The van der Waals surface area contributed by atoms with Crippen molar-refractivity contribution in [3.63, 3.8) is 0 Å². The van der Waals surface area contributed by atoms with Crippen molar-refractivity contribution in [1.82, 2.24) is 4.90 Å². The number of methoxy groups -OCH3 is 1. The molecule has 22 heavy (non-hydrogen) atoms. The van der Waals surface area contributed by atoms with Crippen molar-refractivity contribution in [1.29, 1.82) is 0 Å². The molecule has 1 aromatic heterocycles. The summed E-state index contributed by atoms with van der Waals surface area (Å²) in [5.41, 5.74) is 2.84. The third-order valence-electron chi connectivity index (χ3n) is 4.60. The maximum atomic E-state index is 5.55. The lowest BCUT2D eigenvalue weighted by atomic mass is 9.86. The third kappa shape index (κ3) is 3.20. The zero-order chi connectivity index (χ0) is 15.4. The molecule has 0 amide bonds. The molecule has 0 N–H and O–H groups in total. The monoisotopic (exact) mass is 299 g/mol. The first-order valence-electron chi connectivity index (χ1n) is 8.23. The Balaban J connectivity index is 1.76. The van der Waals surface area contributed by atoms with E-state index in [0.717, 1.165) is 37.4 Å². The molecule has 2 aromatic rings. The molecular formula is C19H25NO2. The first-order chi connectivity index (χ1) is 10.8. The van der Waals surface area contributed by atoms with E-state index >= 15 is 0 Å². The van der Waals surface area contributed by atoms with E-state index in [2.05, 4.69) is 36.1 Å². The van der Waals surface area contributed by atoms with Crippen LogP contribution in [0.25, 0.3) is 0 Å². The SMILES string of the molecule is CCCN(Cc1ccco1)[C@@H]1CCc2c(cccc2OC)C1. The molecular weight excluding hydrogens is 274 g/mol. The summed E-state index contributed by atoms with van der Waals surface area (Å²) in [6.45, 7) is 4.27. The molecule has 0 saturated carbocycles. The van der Waals surface area contributed by atoms with Crippen molar-refractivity contribution < 1.29 is 9.15 Å². The Labute approximate surface area is 132 Å². The summed E-state index contributed by atoms with van der Waals surface area (Å²) < 4.78 is 11.1. The summed E-state index contributed by atoms with van der Waals surface area (Å²) in [4.78, 5) is 2.57. The van der Waals surface area contributed by atoms with Gasteiger partial charge in [0, 0.05) is 6.04 Å². The van der Waals surface area contributed by atoms with E-state index < -0.39 is 0 Å². The number of nitrogens with zero attached hydrogens (tertiary/aromatic N) is 1. The average molecular weight is 299 g/mol. The van der Waals surface area contributed by atoms with Gasteiger partial charge in [-0.25, -0.2) is 0 Å². The van der Waals surface area contributed by atoms with Crippen LogP contribution < -0.4 is 4.74 Å². The zero-order valence-electron chi connectivity index (χ0n) is 13.5. The lowest BCUT2D eigenvalue weighted by Gasteiger charge is -2.35. The van der Waals surface area contributed by atoms with E-state index in [0.29, 0.717) is 6.04 Å². The van der Waals surface area contributed by atoms with Gasteiger partial charge in [-0.3, -0.25) is 4.90 Å². The number of hydrogen-bond acceptors (Lipinski definition) is 3. The standard InChI is InChI=1S/C19H25NO2/c1-3-11-20(14-17-7-5-12-22-17)16-9-10-18-15(13-16)6-4-8-19(18)21-2/h4-8,12,16H,3,9-11,13-14H2,1-2H3/t16-/m1/s1. The van der Waals surface area contributed by atoms with Gasteiger partial charge in [-0.05, 0) is 61.6 Å². The van der Waals surface area contributed by atoms with Gasteiger partial charge < -0.3 is 9.15 Å². The van der Waals surface area contributed by atoms with Crippen molar-refractivity contribution >= 4 is 0 Å². The quantitative estimate of drug-likeness (QED) is 0.804. The van der Waals surface area contributed by atoms with Gasteiger partial charge in [-0.15, -0.1) is 0 Å². The average Bonchev–Trinajstić information content (AvgIpc) is 3.06. The third-order valence-corrected chi connectivity index (χ3v) is 4.60. The number of benzene rings is 1. The Morgan fingerprint density at radius 3 is 2.91 bits per heavy atom. The summed E-state index contributed by atoms with van der Waals surface area (Å²) in [7, 11) is 1.77. The smallest absolute Gasteiger partial charge is 0.122 e. The Kier molecular flexibility index (Phi) is 4.84. The van der Waals surface area contributed by atoms with Crippen LogP contribution in [0.2, 0.25) is 0 Å². The van der Waals surface area contributed by atoms with E-state index in [4.69, 9.17) is 9.15 Å². The predicted octanol–water partition coefficient (Wildman–Crippen LogP) is 4.06. The van der Waals surface area contributed by atoms with Gasteiger partial charge in [0.05, 0.1) is 19.9 Å². The summed E-state index contributed by atoms with van der Waals surface area (Å²) in [5.74, 6) is 2.11. The van der Waals surface area contributed by atoms with Crippen molar-refractivity contribution in [3.05, 3.63) is 53.5 Å². The Morgan fingerprint density at radius 2 is 2.18 bits per heavy atom. The topological polar surface area (TPSA) is 25.6 Å². The van der Waals surface area contributed by atoms with Gasteiger partial charge in [-0.2, -0.15) is 0 Å². The summed E-state index contributed by atoms with van der Waals surface area (Å²) in [6.07, 6.45) is 6.33. The minimum absolute atomic E-state index is 0.588. The lowest BCUT2D eigenvalue weighted by molar-refractivity contribution is 0.158. The molecule has 0 unspecified atom stereocenters. The fourth-order valence-electron chi connectivity index (χ4n) is 3.54. The van der Waals surface area contributed by atoms with Crippen LogP contribution in [-0.4, -0.2) is 24.6 Å². The second-order valence-corrected chi connectivity index (χ2v) is 6.04. The minimum atomic E-state index is 0.588. The number of furan rings is 1. The molecule has 1 aromatic carbocycles. The molecule has 0 spiro atoms. The predicted molar refractivity (Wildman–Crippen MR) is 88.2 cm³/mol. The highest BCUT2D eigenvalue weighted by molar-refractivity contribution is 5.42. The van der Waals surface area contributed by atoms with Gasteiger partial charge in [-0.1, -0.05) is 19.1 Å². The zero-order valence-corrected chi connectivity index (χ0v) is 13.5. The van der Waals surface area contributed by atoms with E-state index in [1.165, 1.54) is 24.0 Å². The molecule has 3 heteroatoms. The maximum Gasteiger partial charge on any atom is 0.122 e. The fraction of sp³-hybridized carbons (Fsp3) is 0.474. The molecule has 1 atom stereocenters. The second-order valence-electron chi connectivity index (χ2n) is 6.04. The van der Waals surface area contributed by atoms with Crippen LogP contribution in [0.5, 0.6) is 5.75 Å². The highest BCUT2D eigenvalue weighted by Gasteiger charge is 2.26. The fourth-order valence-corrected chi connectivity index (χ4v) is 3.54. The Hall–Kier alpha value is -1.74. The molecule has 1 aliphatic carbocycles. The molecule has 3 nitrogen and oxygen atoms in total. The van der Waals surface area contributed by atoms with E-state index in [-0.39, 0.29) is 0 Å². The van der Waals surface area contributed by atoms with Crippen LogP contribution in [0.3, 0.4) is 0 Å². The van der Waals surface area contributed by atoms with Crippen LogP contribution in [-0.2, 0) is 19.4 Å². The molecule has 1 heterocycles. The molecule has 1 aliphatic rings. The maximum absolute atomic E-state index is 5.55. The summed E-state index contributed by atoms with van der Waals surface area (Å²) in [5, 5.41) is 0. The molecule has 0 radical (unpaired) electrons. The highest BCUT2D eigenvalue weighted by Crippen LogP contribution is 2.31. The molecule has 0 saturated heterocycles. The van der Waals surface area contributed by atoms with Crippen molar-refractivity contribution in [2.24, 2.45) is 0 Å². The minimum Gasteiger partial charge on any atom is -0.496 e. The van der Waals surface area contributed by atoms with Gasteiger partial charge in [0.25, 0.3) is 0 Å². The molecule has 3 rings (SSSR count). The van der Waals surface area contributed by atoms with Crippen molar-refractivity contribution in [2.45, 2.75) is 45.2 Å². The van der Waals surface area contributed by atoms with E-state index in [1.54, 1.807) is 13.4 Å². The lowest BCUT2D eigenvalue weighted by Crippen LogP contribution is -2.39. The largest absolute Gasteiger partial charge is 0.496 e. The van der Waals surface area contributed by atoms with Crippen LogP contribution >= 0.6 is 0 Å². The van der Waals surface area contributed by atoms with Gasteiger partial charge >= 0.3 is 0 Å². The Morgan fingerprint density at radius 1 is 1.27 bits per heavy atom. The van der Waals surface area contributed by atoms with Crippen molar-refractivity contribution in [3.8, 4) is 5.75 Å². The molecule has 0 fully saturated rings. The number of rotatable bonds is 6. The second kappa shape index (κ2) is 7.01. The Bertz CT molecular complexity index is 591. The van der Waals surface area contributed by atoms with Crippen molar-refractivity contribution in [2.75, 3.05) is 13.7 Å². The number of fused-ring (bicyclic) bond motifs is 1. The molecule has 0 aliphatic heterocycles.